The number of hydrogen-bond donors (Lipinski definition) is 0. The van der Waals surface area contributed by atoms with Crippen molar-refractivity contribution in [2.75, 3.05) is 5.88 Å². The van der Waals surface area contributed by atoms with Crippen molar-refractivity contribution in [3.8, 4) is 0 Å². The van der Waals surface area contributed by atoms with E-state index < -0.39 is 10.0 Å². The minimum atomic E-state index is -3.49. The van der Waals surface area contributed by atoms with Crippen LogP contribution in [-0.2, 0) is 23.0 Å². The number of hydrogen-bond acceptors (Lipinski definition) is 3. The van der Waals surface area contributed by atoms with Crippen LogP contribution in [0.1, 0.15) is 36.1 Å². The van der Waals surface area contributed by atoms with Gasteiger partial charge in [-0.25, -0.2) is 8.42 Å². The second kappa shape index (κ2) is 8.00. The summed E-state index contributed by atoms with van der Waals surface area (Å²) in [5.74, 6) is 0.540. The number of halogens is 1. The molecule has 3 nitrogen and oxygen atoms in total. The van der Waals surface area contributed by atoms with E-state index in [0.29, 0.717) is 17.3 Å². The van der Waals surface area contributed by atoms with Gasteiger partial charge in [0.15, 0.2) is 0 Å². The third-order valence-electron chi connectivity index (χ3n) is 4.54. The molecule has 0 unspecified atom stereocenters. The van der Waals surface area contributed by atoms with Gasteiger partial charge in [-0.1, -0.05) is 31.0 Å². The number of thiophene rings is 1. The van der Waals surface area contributed by atoms with Crippen LogP contribution in [-0.4, -0.2) is 24.6 Å². The first-order valence-corrected chi connectivity index (χ1v) is 11.2. The van der Waals surface area contributed by atoms with Crippen LogP contribution >= 0.6 is 22.9 Å². The molecule has 3 rings (SSSR count). The number of rotatable bonds is 7. The third kappa shape index (κ3) is 4.02. The van der Waals surface area contributed by atoms with Crippen molar-refractivity contribution in [3.05, 3.63) is 52.2 Å². The molecule has 1 aromatic heterocycles. The van der Waals surface area contributed by atoms with Crippen LogP contribution < -0.4 is 0 Å². The van der Waals surface area contributed by atoms with Gasteiger partial charge >= 0.3 is 0 Å². The normalized spacial score (nSPS) is 16.1. The van der Waals surface area contributed by atoms with E-state index in [9.17, 15) is 8.42 Å². The monoisotopic (exact) mass is 383 g/mol. The first-order chi connectivity index (χ1) is 11.6. The maximum atomic E-state index is 13.2. The van der Waals surface area contributed by atoms with Crippen molar-refractivity contribution in [1.29, 1.82) is 0 Å². The summed E-state index contributed by atoms with van der Waals surface area (Å²) in [6, 6.07) is 11.3. The topological polar surface area (TPSA) is 37.4 Å². The maximum Gasteiger partial charge on any atom is 0.243 e. The fourth-order valence-corrected chi connectivity index (χ4v) is 5.90. The molecule has 0 bridgehead atoms. The molecule has 1 aromatic carbocycles. The van der Waals surface area contributed by atoms with Crippen molar-refractivity contribution in [1.82, 2.24) is 4.31 Å². The highest BCUT2D eigenvalue weighted by Crippen LogP contribution is 2.31. The lowest BCUT2D eigenvalue weighted by molar-refractivity contribution is 0.318. The third-order valence-corrected chi connectivity index (χ3v) is 7.50. The Bertz CT molecular complexity index is 736. The lowest BCUT2D eigenvalue weighted by atomic mass is 10.2. The molecule has 130 valence electrons. The maximum absolute atomic E-state index is 13.2. The van der Waals surface area contributed by atoms with E-state index in [2.05, 4.69) is 0 Å². The molecule has 1 heterocycles. The Balaban J connectivity index is 1.89. The van der Waals surface area contributed by atoms with Gasteiger partial charge in [-0.15, -0.1) is 22.9 Å². The van der Waals surface area contributed by atoms with E-state index in [1.54, 1.807) is 27.8 Å². The molecular weight excluding hydrogens is 362 g/mol. The van der Waals surface area contributed by atoms with Crippen molar-refractivity contribution >= 4 is 33.0 Å². The molecule has 0 aliphatic heterocycles. The smallest absolute Gasteiger partial charge is 0.207 e. The zero-order valence-corrected chi connectivity index (χ0v) is 15.9. The Morgan fingerprint density at radius 2 is 1.83 bits per heavy atom. The van der Waals surface area contributed by atoms with E-state index >= 15 is 0 Å². The Labute approximate surface area is 153 Å². The summed E-state index contributed by atoms with van der Waals surface area (Å²) in [5.41, 5.74) is 1.06. The summed E-state index contributed by atoms with van der Waals surface area (Å²) in [6.45, 7) is 0.466. The highest BCUT2D eigenvalue weighted by atomic mass is 35.5. The van der Waals surface area contributed by atoms with Crippen LogP contribution in [0.15, 0.2) is 46.7 Å². The first-order valence-electron chi connectivity index (χ1n) is 8.30. The summed E-state index contributed by atoms with van der Waals surface area (Å²) in [6.07, 6.45) is 4.87. The first kappa shape index (κ1) is 17.9. The van der Waals surface area contributed by atoms with Crippen LogP contribution in [0.5, 0.6) is 0 Å². The summed E-state index contributed by atoms with van der Waals surface area (Å²) in [4.78, 5) is 1.47. The van der Waals surface area contributed by atoms with Gasteiger partial charge in [-0.2, -0.15) is 4.31 Å². The molecule has 0 N–H and O–H groups in total. The lowest BCUT2D eigenvalue weighted by Crippen LogP contribution is -2.38. The van der Waals surface area contributed by atoms with E-state index in [-0.39, 0.29) is 6.04 Å². The average molecular weight is 384 g/mol. The highest BCUT2D eigenvalue weighted by molar-refractivity contribution is 7.89. The molecule has 0 atom stereocenters. The Morgan fingerprint density at radius 3 is 2.42 bits per heavy atom. The van der Waals surface area contributed by atoms with Crippen molar-refractivity contribution in [2.45, 2.75) is 49.6 Å². The summed E-state index contributed by atoms with van der Waals surface area (Å²) < 4.78 is 28.1. The molecule has 1 fully saturated rings. The fourth-order valence-electron chi connectivity index (χ4n) is 3.23. The predicted octanol–water partition coefficient (Wildman–Crippen LogP) is 4.66. The fraction of sp³-hybridized carbons (Fsp3) is 0.444. The molecule has 1 aliphatic carbocycles. The molecule has 0 radical (unpaired) electrons. The van der Waals surface area contributed by atoms with Gasteiger partial charge in [0.25, 0.3) is 0 Å². The standard InChI is InChI=1S/C18H22ClNO2S2/c19-12-11-15-7-9-18(10-8-15)24(21,22)20(16-4-1-2-5-16)14-17-6-3-13-23-17/h3,6-10,13,16H,1-2,4-5,11-12,14H2. The molecule has 0 amide bonds. The van der Waals surface area contributed by atoms with E-state index in [1.165, 1.54) is 0 Å². The molecule has 24 heavy (non-hydrogen) atoms. The summed E-state index contributed by atoms with van der Waals surface area (Å²) in [7, 11) is -3.49. The van der Waals surface area contributed by atoms with Gasteiger partial charge in [-0.05, 0) is 48.4 Å². The van der Waals surface area contributed by atoms with E-state index in [1.807, 2.05) is 29.6 Å². The molecular formula is C18H22ClNO2S2. The van der Waals surface area contributed by atoms with Gasteiger partial charge in [0.05, 0.1) is 4.90 Å². The Morgan fingerprint density at radius 1 is 1.12 bits per heavy atom. The Hall–Kier alpha value is -0.880. The van der Waals surface area contributed by atoms with Gasteiger partial charge in [0.1, 0.15) is 0 Å². The predicted molar refractivity (Wildman–Crippen MR) is 100 cm³/mol. The van der Waals surface area contributed by atoms with Crippen LogP contribution in [0.25, 0.3) is 0 Å². The van der Waals surface area contributed by atoms with Gasteiger partial charge in [-0.3, -0.25) is 0 Å². The second-order valence-corrected chi connectivity index (χ2v) is 9.45. The number of sulfonamides is 1. The van der Waals surface area contributed by atoms with Crippen LogP contribution in [0.4, 0.5) is 0 Å². The van der Waals surface area contributed by atoms with Crippen LogP contribution in [0.2, 0.25) is 0 Å². The molecule has 6 heteroatoms. The zero-order chi connectivity index (χ0) is 17.0. The van der Waals surface area contributed by atoms with Gasteiger partial charge in [0.2, 0.25) is 10.0 Å². The van der Waals surface area contributed by atoms with Crippen LogP contribution in [0, 0.1) is 0 Å². The van der Waals surface area contributed by atoms with Crippen LogP contribution in [0.3, 0.4) is 0 Å². The minimum Gasteiger partial charge on any atom is -0.207 e. The molecule has 2 aromatic rings. The van der Waals surface area contributed by atoms with Crippen molar-refractivity contribution in [3.63, 3.8) is 0 Å². The second-order valence-electron chi connectivity index (χ2n) is 6.15. The van der Waals surface area contributed by atoms with E-state index in [0.717, 1.165) is 42.5 Å². The Kier molecular flexibility index (Phi) is 5.98. The van der Waals surface area contributed by atoms with Gasteiger partial charge < -0.3 is 0 Å². The summed E-state index contributed by atoms with van der Waals surface area (Å²) in [5, 5.41) is 2.00. The molecule has 0 spiro atoms. The minimum absolute atomic E-state index is 0.111. The largest absolute Gasteiger partial charge is 0.243 e. The quantitative estimate of drug-likeness (QED) is 0.652. The zero-order valence-electron chi connectivity index (χ0n) is 13.5. The summed E-state index contributed by atoms with van der Waals surface area (Å²) >= 11 is 7.37. The molecule has 1 aliphatic rings. The number of benzene rings is 1. The average Bonchev–Trinajstić information content (AvgIpc) is 3.27. The van der Waals surface area contributed by atoms with E-state index in [4.69, 9.17) is 11.6 Å². The lowest BCUT2D eigenvalue weighted by Gasteiger charge is -2.27. The molecule has 1 saturated carbocycles. The van der Waals surface area contributed by atoms with Crippen molar-refractivity contribution in [2.24, 2.45) is 0 Å². The molecule has 0 saturated heterocycles. The number of aryl methyl sites for hydroxylation is 1. The number of alkyl halides is 1. The highest BCUT2D eigenvalue weighted by Gasteiger charge is 2.33. The number of nitrogens with zero attached hydrogens (tertiary/aromatic N) is 1. The van der Waals surface area contributed by atoms with Gasteiger partial charge in [0, 0.05) is 23.3 Å². The van der Waals surface area contributed by atoms with Crippen molar-refractivity contribution < 1.29 is 8.42 Å². The SMILES string of the molecule is O=S(=O)(c1ccc(CCCl)cc1)N(Cc1cccs1)C1CCCC1.